The van der Waals surface area contributed by atoms with Crippen molar-refractivity contribution in [2.24, 2.45) is 0 Å². The van der Waals surface area contributed by atoms with E-state index in [-0.39, 0.29) is 26.1 Å². The number of quaternary nitrogens is 1. The summed E-state index contributed by atoms with van der Waals surface area (Å²) in [4.78, 5) is 38.0. The molecule has 0 radical (unpaired) electrons. The summed E-state index contributed by atoms with van der Waals surface area (Å²) in [5.74, 6) is -0.848. The van der Waals surface area contributed by atoms with E-state index >= 15 is 0 Å². The zero-order chi connectivity index (χ0) is 58.4. The Balaban J connectivity index is 4.15. The number of carbonyl (C=O) groups is 2. The van der Waals surface area contributed by atoms with E-state index in [0.717, 1.165) is 116 Å². The van der Waals surface area contributed by atoms with E-state index in [2.05, 4.69) is 135 Å². The Morgan fingerprint density at radius 3 is 1.06 bits per heavy atom. The molecule has 0 amide bonds. The van der Waals surface area contributed by atoms with Crippen molar-refractivity contribution in [3.05, 3.63) is 122 Å². The second-order valence-corrected chi connectivity index (χ2v) is 23.8. The second-order valence-electron chi connectivity index (χ2n) is 22.4. The van der Waals surface area contributed by atoms with Crippen LogP contribution in [0.4, 0.5) is 0 Å². The van der Waals surface area contributed by atoms with Crippen molar-refractivity contribution in [3.8, 4) is 0 Å². The zero-order valence-corrected chi connectivity index (χ0v) is 52.9. The maximum atomic E-state index is 12.8. The highest BCUT2D eigenvalue weighted by Gasteiger charge is 2.22. The summed E-state index contributed by atoms with van der Waals surface area (Å²) >= 11 is 0. The molecule has 10 heteroatoms. The van der Waals surface area contributed by atoms with Crippen LogP contribution in [0.25, 0.3) is 0 Å². The van der Waals surface area contributed by atoms with Crippen LogP contribution < -0.4 is 4.89 Å². The summed E-state index contributed by atoms with van der Waals surface area (Å²) in [5.41, 5.74) is 0. The lowest BCUT2D eigenvalue weighted by Crippen LogP contribution is -2.37. The molecule has 0 saturated carbocycles. The van der Waals surface area contributed by atoms with Gasteiger partial charge in [0.05, 0.1) is 27.7 Å². The van der Waals surface area contributed by atoms with Crippen LogP contribution in [-0.2, 0) is 32.7 Å². The Hall–Kier alpha value is -3.59. The van der Waals surface area contributed by atoms with Crippen molar-refractivity contribution in [3.63, 3.8) is 0 Å². The normalized spacial score (nSPS) is 14.0. The topological polar surface area (TPSA) is 111 Å². The highest BCUT2D eigenvalue weighted by atomic mass is 31.2. The Morgan fingerprint density at radius 2 is 0.713 bits per heavy atom. The van der Waals surface area contributed by atoms with Gasteiger partial charge in [0.25, 0.3) is 7.82 Å². The molecule has 0 N–H and O–H groups in total. The summed E-state index contributed by atoms with van der Waals surface area (Å²) in [6.45, 7) is 4.10. The molecule has 0 aromatic rings. The smallest absolute Gasteiger partial charge is 0.306 e. The first kappa shape index (κ1) is 76.4. The summed E-state index contributed by atoms with van der Waals surface area (Å²) < 4.78 is 34.2. The number of ether oxygens (including phenoxy) is 2. The van der Waals surface area contributed by atoms with E-state index in [1.54, 1.807) is 0 Å². The van der Waals surface area contributed by atoms with Gasteiger partial charge in [-0.05, 0) is 109 Å². The minimum absolute atomic E-state index is 0.0383. The summed E-state index contributed by atoms with van der Waals surface area (Å²) in [5, 5.41) is 0. The summed E-state index contributed by atoms with van der Waals surface area (Å²) in [6, 6.07) is 0. The Morgan fingerprint density at radius 1 is 0.400 bits per heavy atom. The number of hydrogen-bond donors (Lipinski definition) is 0. The number of hydrogen-bond acceptors (Lipinski definition) is 8. The molecule has 0 aliphatic rings. The predicted molar refractivity (Wildman–Crippen MR) is 341 cm³/mol. The highest BCUT2D eigenvalue weighted by molar-refractivity contribution is 7.45. The Bertz CT molecular complexity index is 1760. The quantitative estimate of drug-likeness (QED) is 0.0195. The van der Waals surface area contributed by atoms with Crippen LogP contribution in [0.5, 0.6) is 0 Å². The van der Waals surface area contributed by atoms with Crippen LogP contribution in [0.1, 0.15) is 258 Å². The van der Waals surface area contributed by atoms with E-state index in [9.17, 15) is 19.0 Å². The molecular formula is C70H120NO8P. The third-order valence-corrected chi connectivity index (χ3v) is 14.4. The molecule has 0 heterocycles. The standard InChI is InChI=1S/C70H120NO8P/c1-6-8-10-12-14-16-18-20-22-24-26-28-30-31-32-33-34-35-36-37-38-39-41-43-45-47-49-51-53-55-57-59-61-63-70(73)79-68(67-78-80(74,75)77-65-64-71(3,4)5)66-76-69(72)62-60-58-56-54-52-50-48-46-44-42-40-29-27-25-23-21-19-17-15-13-11-9-7-2/h8,10,14,16,19-22,25-28,31-32,34-35,37-38,40,42,68H,6-7,9,11-13,15,17-18,23-24,29-30,33,36,39,41,43-67H2,1-5H3/b10-8-,16-14-,21-19-,22-20-,27-25-,28-26-,32-31-,35-34-,38-37-,42-40-. The predicted octanol–water partition coefficient (Wildman–Crippen LogP) is 20.1. The van der Waals surface area contributed by atoms with E-state index in [0.29, 0.717) is 17.4 Å². The molecule has 0 aliphatic heterocycles. The van der Waals surface area contributed by atoms with Gasteiger partial charge in [-0.1, -0.05) is 257 Å². The molecule has 0 aliphatic carbocycles. The Labute approximate surface area is 492 Å². The van der Waals surface area contributed by atoms with Gasteiger partial charge in [-0.2, -0.15) is 0 Å². The first-order valence-electron chi connectivity index (χ1n) is 32.2. The molecule has 2 atom stereocenters. The van der Waals surface area contributed by atoms with Gasteiger partial charge in [0.1, 0.15) is 19.8 Å². The van der Waals surface area contributed by atoms with Crippen molar-refractivity contribution < 1.29 is 42.1 Å². The van der Waals surface area contributed by atoms with Crippen molar-refractivity contribution >= 4 is 19.8 Å². The van der Waals surface area contributed by atoms with Crippen LogP contribution in [0.3, 0.4) is 0 Å². The number of unbranched alkanes of at least 4 members (excludes halogenated alkanes) is 24. The largest absolute Gasteiger partial charge is 0.756 e. The third-order valence-electron chi connectivity index (χ3n) is 13.5. The van der Waals surface area contributed by atoms with Crippen LogP contribution in [0, 0.1) is 0 Å². The van der Waals surface area contributed by atoms with E-state index in [1.165, 1.54) is 109 Å². The van der Waals surface area contributed by atoms with Crippen molar-refractivity contribution in [2.45, 2.75) is 264 Å². The average Bonchev–Trinajstić information content (AvgIpc) is 3.42. The molecule has 0 aromatic heterocycles. The fraction of sp³-hybridized carbons (Fsp3) is 0.686. The molecule has 80 heavy (non-hydrogen) atoms. The van der Waals surface area contributed by atoms with Crippen molar-refractivity contribution in [1.29, 1.82) is 0 Å². The van der Waals surface area contributed by atoms with E-state index in [4.69, 9.17) is 18.5 Å². The van der Waals surface area contributed by atoms with E-state index < -0.39 is 32.5 Å². The van der Waals surface area contributed by atoms with Gasteiger partial charge in [0.2, 0.25) is 0 Å². The second kappa shape index (κ2) is 60.0. The number of carbonyl (C=O) groups excluding carboxylic acids is 2. The molecule has 0 aromatic carbocycles. The van der Waals surface area contributed by atoms with Gasteiger partial charge >= 0.3 is 11.9 Å². The number of nitrogens with zero attached hydrogens (tertiary/aromatic N) is 1. The SMILES string of the molecule is CC/C=C\C/C=C\C/C=C\C/C=C\C/C=C\C/C=C\C/C=C\CCCCCCCCCCCCCC(=O)OC(COC(=O)CCCCCCCCCC/C=C\C/C=C\C/C=C\CCCCCCC)COP(=O)([O-])OCC[N+](C)(C)C. The number of phosphoric acid groups is 1. The van der Waals surface area contributed by atoms with Gasteiger partial charge in [-0.3, -0.25) is 14.2 Å². The number of esters is 2. The molecule has 9 nitrogen and oxygen atoms in total. The Kier molecular flexibility index (Phi) is 57.3. The van der Waals surface area contributed by atoms with Gasteiger partial charge < -0.3 is 27.9 Å². The number of likely N-dealkylation sites (N-methyl/N-ethyl adjacent to an activating group) is 1. The van der Waals surface area contributed by atoms with Crippen LogP contribution >= 0.6 is 7.82 Å². The first-order valence-corrected chi connectivity index (χ1v) is 33.7. The van der Waals surface area contributed by atoms with Crippen LogP contribution in [0.2, 0.25) is 0 Å². The molecule has 0 rings (SSSR count). The molecule has 2 unspecified atom stereocenters. The molecule has 0 fully saturated rings. The van der Waals surface area contributed by atoms with Gasteiger partial charge in [-0.15, -0.1) is 0 Å². The van der Waals surface area contributed by atoms with E-state index in [1.807, 2.05) is 21.1 Å². The monoisotopic (exact) mass is 1130 g/mol. The molecular weight excluding hydrogens is 1010 g/mol. The van der Waals surface area contributed by atoms with Crippen LogP contribution in [-0.4, -0.2) is 70.0 Å². The maximum absolute atomic E-state index is 12.8. The van der Waals surface area contributed by atoms with Gasteiger partial charge in [-0.25, -0.2) is 0 Å². The fourth-order valence-electron chi connectivity index (χ4n) is 8.53. The minimum Gasteiger partial charge on any atom is -0.756 e. The molecule has 0 saturated heterocycles. The van der Waals surface area contributed by atoms with Crippen LogP contribution in [0.15, 0.2) is 122 Å². The molecule has 0 spiro atoms. The molecule has 0 bridgehead atoms. The number of rotatable bonds is 58. The summed E-state index contributed by atoms with van der Waals surface area (Å²) in [7, 11) is 1.15. The van der Waals surface area contributed by atoms with Crippen molar-refractivity contribution in [1.82, 2.24) is 0 Å². The maximum Gasteiger partial charge on any atom is 0.306 e. The summed E-state index contributed by atoms with van der Waals surface area (Å²) in [6.07, 6.45) is 85.3. The molecule has 458 valence electrons. The average molecular weight is 1130 g/mol. The lowest BCUT2D eigenvalue weighted by Gasteiger charge is -2.28. The zero-order valence-electron chi connectivity index (χ0n) is 52.0. The third kappa shape index (κ3) is 63.6. The van der Waals surface area contributed by atoms with Gasteiger partial charge in [0.15, 0.2) is 6.10 Å². The first-order chi connectivity index (χ1) is 39.0. The van der Waals surface area contributed by atoms with Crippen molar-refractivity contribution in [2.75, 3.05) is 47.5 Å². The minimum atomic E-state index is -4.65. The lowest BCUT2D eigenvalue weighted by molar-refractivity contribution is -0.870. The number of allylic oxidation sites excluding steroid dienone is 20. The lowest BCUT2D eigenvalue weighted by atomic mass is 10.0. The highest BCUT2D eigenvalue weighted by Crippen LogP contribution is 2.38. The van der Waals surface area contributed by atoms with Gasteiger partial charge in [0, 0.05) is 12.8 Å². The fourth-order valence-corrected chi connectivity index (χ4v) is 9.25. The number of phosphoric ester groups is 1.